The van der Waals surface area contributed by atoms with Crippen molar-refractivity contribution in [1.29, 1.82) is 0 Å². The third-order valence-corrected chi connectivity index (χ3v) is 5.84. The van der Waals surface area contributed by atoms with Crippen LogP contribution in [0.5, 0.6) is 0 Å². The lowest BCUT2D eigenvalue weighted by Crippen LogP contribution is -2.21. The number of nitrogens with one attached hydrogen (secondary N) is 1. The summed E-state index contributed by atoms with van der Waals surface area (Å²) >= 11 is 2.04. The SMILES string of the molecule is CC(C)NCc1sc2cc3c(cc2c1C1CC1)CCC3. The van der Waals surface area contributed by atoms with Crippen molar-refractivity contribution in [2.45, 2.75) is 64.5 Å². The Labute approximate surface area is 125 Å². The maximum atomic E-state index is 3.61. The summed E-state index contributed by atoms with van der Waals surface area (Å²) in [6.07, 6.45) is 6.74. The van der Waals surface area contributed by atoms with Gasteiger partial charge in [-0.15, -0.1) is 11.3 Å². The largest absolute Gasteiger partial charge is 0.310 e. The molecule has 0 amide bonds. The highest BCUT2D eigenvalue weighted by Gasteiger charge is 2.30. The lowest BCUT2D eigenvalue weighted by molar-refractivity contribution is 0.591. The lowest BCUT2D eigenvalue weighted by atomic mass is 10.0. The van der Waals surface area contributed by atoms with Gasteiger partial charge in [-0.05, 0) is 72.2 Å². The van der Waals surface area contributed by atoms with Gasteiger partial charge in [0, 0.05) is 22.2 Å². The monoisotopic (exact) mass is 285 g/mol. The number of hydrogen-bond donors (Lipinski definition) is 1. The van der Waals surface area contributed by atoms with Crippen molar-refractivity contribution in [2.75, 3.05) is 0 Å². The molecule has 1 aromatic carbocycles. The van der Waals surface area contributed by atoms with Crippen LogP contribution in [0.4, 0.5) is 0 Å². The molecule has 106 valence electrons. The fraction of sp³-hybridized carbons (Fsp3) is 0.556. The van der Waals surface area contributed by atoms with E-state index in [4.69, 9.17) is 0 Å². The molecule has 0 atom stereocenters. The molecule has 0 spiro atoms. The number of hydrogen-bond acceptors (Lipinski definition) is 2. The molecule has 0 unspecified atom stereocenters. The Morgan fingerprint density at radius 2 is 1.95 bits per heavy atom. The van der Waals surface area contributed by atoms with Gasteiger partial charge in [0.25, 0.3) is 0 Å². The standard InChI is InChI=1S/C18H23NS/c1-11(2)19-10-17-18(12-6-7-12)15-8-13-4-3-5-14(13)9-16(15)20-17/h8-9,11-12,19H,3-7,10H2,1-2H3. The van der Waals surface area contributed by atoms with Gasteiger partial charge in [-0.1, -0.05) is 13.8 Å². The summed E-state index contributed by atoms with van der Waals surface area (Å²) in [5, 5.41) is 5.20. The summed E-state index contributed by atoms with van der Waals surface area (Å²) in [6, 6.07) is 5.59. The van der Waals surface area contributed by atoms with E-state index in [2.05, 4.69) is 31.3 Å². The van der Waals surface area contributed by atoms with E-state index in [9.17, 15) is 0 Å². The Bertz CT molecular complexity index is 649. The Balaban J connectivity index is 1.80. The maximum Gasteiger partial charge on any atom is 0.0352 e. The number of aryl methyl sites for hydroxylation is 2. The molecule has 1 nitrogen and oxygen atoms in total. The number of benzene rings is 1. The molecule has 2 heteroatoms. The van der Waals surface area contributed by atoms with E-state index in [1.807, 2.05) is 11.3 Å². The topological polar surface area (TPSA) is 12.0 Å². The van der Waals surface area contributed by atoms with Crippen LogP contribution in [0.3, 0.4) is 0 Å². The summed E-state index contributed by atoms with van der Waals surface area (Å²) in [6.45, 7) is 5.52. The van der Waals surface area contributed by atoms with Gasteiger partial charge in [0.05, 0.1) is 0 Å². The second-order valence-electron chi connectivity index (χ2n) is 6.72. The Morgan fingerprint density at radius 3 is 2.65 bits per heavy atom. The molecule has 2 aliphatic carbocycles. The summed E-state index contributed by atoms with van der Waals surface area (Å²) in [7, 11) is 0. The summed E-state index contributed by atoms with van der Waals surface area (Å²) in [5.41, 5.74) is 4.93. The highest BCUT2D eigenvalue weighted by molar-refractivity contribution is 7.19. The van der Waals surface area contributed by atoms with Gasteiger partial charge < -0.3 is 5.32 Å². The molecule has 1 fully saturated rings. The molecule has 1 saturated carbocycles. The predicted octanol–water partition coefficient (Wildman–Crippen LogP) is 4.77. The van der Waals surface area contributed by atoms with Crippen LogP contribution in [0, 0.1) is 0 Å². The fourth-order valence-electron chi connectivity index (χ4n) is 3.48. The quantitative estimate of drug-likeness (QED) is 0.853. The Kier molecular flexibility index (Phi) is 3.12. The Morgan fingerprint density at radius 1 is 1.20 bits per heavy atom. The van der Waals surface area contributed by atoms with Crippen LogP contribution < -0.4 is 5.32 Å². The molecule has 1 N–H and O–H groups in total. The van der Waals surface area contributed by atoms with Gasteiger partial charge in [0.15, 0.2) is 0 Å². The first-order chi connectivity index (χ1) is 9.72. The minimum absolute atomic E-state index is 0.567. The highest BCUT2D eigenvalue weighted by Crippen LogP contribution is 2.48. The highest BCUT2D eigenvalue weighted by atomic mass is 32.1. The first-order valence-corrected chi connectivity index (χ1v) is 8.84. The molecule has 0 bridgehead atoms. The first-order valence-electron chi connectivity index (χ1n) is 8.03. The van der Waals surface area contributed by atoms with Crippen LogP contribution in [-0.2, 0) is 19.4 Å². The number of thiophene rings is 1. The lowest BCUT2D eigenvalue weighted by Gasteiger charge is -2.08. The third kappa shape index (κ3) is 2.19. The second kappa shape index (κ2) is 4.85. The van der Waals surface area contributed by atoms with E-state index >= 15 is 0 Å². The molecule has 1 aromatic heterocycles. The van der Waals surface area contributed by atoms with Crippen molar-refractivity contribution < 1.29 is 0 Å². The van der Waals surface area contributed by atoms with E-state index in [1.54, 1.807) is 27.0 Å². The Hall–Kier alpha value is -0.860. The van der Waals surface area contributed by atoms with Gasteiger partial charge in [-0.2, -0.15) is 0 Å². The van der Waals surface area contributed by atoms with Crippen molar-refractivity contribution in [1.82, 2.24) is 5.32 Å². The molecule has 0 radical (unpaired) electrons. The van der Waals surface area contributed by atoms with Crippen molar-refractivity contribution in [3.63, 3.8) is 0 Å². The molecule has 2 aromatic rings. The van der Waals surface area contributed by atoms with E-state index in [0.717, 1.165) is 12.5 Å². The van der Waals surface area contributed by atoms with Gasteiger partial charge in [-0.25, -0.2) is 0 Å². The number of fused-ring (bicyclic) bond motifs is 2. The average Bonchev–Trinajstić information content (AvgIpc) is 3.04. The first kappa shape index (κ1) is 12.8. The molecule has 2 aliphatic rings. The second-order valence-corrected chi connectivity index (χ2v) is 7.86. The zero-order valence-electron chi connectivity index (χ0n) is 12.5. The average molecular weight is 285 g/mol. The smallest absolute Gasteiger partial charge is 0.0352 e. The molecular weight excluding hydrogens is 262 g/mol. The van der Waals surface area contributed by atoms with Crippen LogP contribution >= 0.6 is 11.3 Å². The molecule has 20 heavy (non-hydrogen) atoms. The van der Waals surface area contributed by atoms with Crippen molar-refractivity contribution in [3.8, 4) is 0 Å². The fourth-order valence-corrected chi connectivity index (χ4v) is 4.77. The molecular formula is C18H23NS. The van der Waals surface area contributed by atoms with Gasteiger partial charge in [-0.3, -0.25) is 0 Å². The van der Waals surface area contributed by atoms with E-state index < -0.39 is 0 Å². The molecule has 1 heterocycles. The summed E-state index contributed by atoms with van der Waals surface area (Å²) in [5.74, 6) is 0.854. The van der Waals surface area contributed by atoms with Crippen LogP contribution in [-0.4, -0.2) is 6.04 Å². The van der Waals surface area contributed by atoms with Crippen LogP contribution in [0.2, 0.25) is 0 Å². The van der Waals surface area contributed by atoms with Crippen molar-refractivity contribution >= 4 is 21.4 Å². The predicted molar refractivity (Wildman–Crippen MR) is 87.8 cm³/mol. The van der Waals surface area contributed by atoms with Crippen LogP contribution in [0.1, 0.15) is 60.6 Å². The molecule has 4 rings (SSSR count). The molecule has 0 aliphatic heterocycles. The van der Waals surface area contributed by atoms with Crippen molar-refractivity contribution in [3.05, 3.63) is 33.7 Å². The van der Waals surface area contributed by atoms with E-state index in [0.29, 0.717) is 6.04 Å². The normalized spacial score (nSPS) is 18.1. The van der Waals surface area contributed by atoms with Crippen LogP contribution in [0.25, 0.3) is 10.1 Å². The maximum absolute atomic E-state index is 3.61. The van der Waals surface area contributed by atoms with Gasteiger partial charge in [0.1, 0.15) is 0 Å². The zero-order valence-corrected chi connectivity index (χ0v) is 13.3. The summed E-state index contributed by atoms with van der Waals surface area (Å²) in [4.78, 5) is 1.60. The number of rotatable bonds is 4. The van der Waals surface area contributed by atoms with Gasteiger partial charge in [0.2, 0.25) is 0 Å². The van der Waals surface area contributed by atoms with Crippen molar-refractivity contribution in [2.24, 2.45) is 0 Å². The summed E-state index contributed by atoms with van der Waals surface area (Å²) < 4.78 is 1.54. The minimum atomic E-state index is 0.567. The third-order valence-electron chi connectivity index (χ3n) is 4.67. The van der Waals surface area contributed by atoms with Crippen LogP contribution in [0.15, 0.2) is 12.1 Å². The van der Waals surface area contributed by atoms with Gasteiger partial charge >= 0.3 is 0 Å². The van der Waals surface area contributed by atoms with E-state index in [-0.39, 0.29) is 0 Å². The van der Waals surface area contributed by atoms with E-state index in [1.165, 1.54) is 36.8 Å². The minimum Gasteiger partial charge on any atom is -0.310 e. The molecule has 0 saturated heterocycles. The zero-order chi connectivity index (χ0) is 13.7.